The first-order valence-corrected chi connectivity index (χ1v) is 6.58. The van der Waals surface area contributed by atoms with Crippen molar-refractivity contribution < 1.29 is 9.53 Å². The minimum atomic E-state index is -0.215. The highest BCUT2D eigenvalue weighted by Gasteiger charge is 2.12. The van der Waals surface area contributed by atoms with Crippen LogP contribution in [0.5, 0.6) is 5.75 Å². The van der Waals surface area contributed by atoms with E-state index >= 15 is 0 Å². The van der Waals surface area contributed by atoms with Crippen molar-refractivity contribution in [2.75, 3.05) is 17.9 Å². The van der Waals surface area contributed by atoms with Gasteiger partial charge in [-0.15, -0.1) is 0 Å². The van der Waals surface area contributed by atoms with E-state index in [-0.39, 0.29) is 5.91 Å². The number of ether oxygens (including phenoxy) is 1. The highest BCUT2D eigenvalue weighted by Crippen LogP contribution is 2.23. The molecule has 0 saturated carbocycles. The number of aryl methyl sites for hydroxylation is 2. The molecule has 0 aliphatic carbocycles. The number of carbonyl (C=O) groups excluding carboxylic acids is 1. The van der Waals surface area contributed by atoms with Crippen LogP contribution in [0.25, 0.3) is 0 Å². The van der Waals surface area contributed by atoms with E-state index < -0.39 is 0 Å². The lowest BCUT2D eigenvalue weighted by atomic mass is 10.1. The minimum Gasteiger partial charge on any atom is -0.496 e. The fourth-order valence-electron chi connectivity index (χ4n) is 2.13. The number of nitrogens with two attached hydrogens (primary N) is 1. The smallest absolute Gasteiger partial charge is 0.257 e. The molecular formula is C16H19N3O2. The number of nitrogen functional groups attached to an aromatic ring is 1. The lowest BCUT2D eigenvalue weighted by Gasteiger charge is -2.12. The van der Waals surface area contributed by atoms with Gasteiger partial charge < -0.3 is 15.5 Å². The van der Waals surface area contributed by atoms with Gasteiger partial charge in [-0.1, -0.05) is 6.07 Å². The summed E-state index contributed by atoms with van der Waals surface area (Å²) in [5, 5.41) is 2.85. The molecule has 0 heterocycles. The Morgan fingerprint density at radius 1 is 1.14 bits per heavy atom. The van der Waals surface area contributed by atoms with Gasteiger partial charge in [0.05, 0.1) is 18.4 Å². The Balaban J connectivity index is 2.24. The first-order chi connectivity index (χ1) is 10.0. The van der Waals surface area contributed by atoms with Gasteiger partial charge >= 0.3 is 0 Å². The second kappa shape index (κ2) is 6.28. The summed E-state index contributed by atoms with van der Waals surface area (Å²) in [5.74, 6) is 6.04. The first-order valence-electron chi connectivity index (χ1n) is 6.58. The zero-order valence-electron chi connectivity index (χ0n) is 12.4. The summed E-state index contributed by atoms with van der Waals surface area (Å²) in [6, 6.07) is 10.9. The number of benzene rings is 2. The van der Waals surface area contributed by atoms with Crippen LogP contribution in [0, 0.1) is 13.8 Å². The van der Waals surface area contributed by atoms with E-state index in [1.165, 1.54) is 0 Å². The molecule has 2 aromatic rings. The molecule has 5 heteroatoms. The van der Waals surface area contributed by atoms with Gasteiger partial charge in [0.1, 0.15) is 5.75 Å². The molecule has 0 bridgehead atoms. The maximum atomic E-state index is 12.3. The number of nitrogens with one attached hydrogen (secondary N) is 2. The predicted octanol–water partition coefficient (Wildman–Crippen LogP) is 2.85. The van der Waals surface area contributed by atoms with Crippen molar-refractivity contribution in [2.45, 2.75) is 13.8 Å². The maximum absolute atomic E-state index is 12.3. The highest BCUT2D eigenvalue weighted by atomic mass is 16.5. The largest absolute Gasteiger partial charge is 0.496 e. The van der Waals surface area contributed by atoms with Crippen molar-refractivity contribution in [3.05, 3.63) is 53.1 Å². The third-order valence-electron chi connectivity index (χ3n) is 3.23. The van der Waals surface area contributed by atoms with Crippen molar-refractivity contribution in [3.63, 3.8) is 0 Å². The van der Waals surface area contributed by atoms with Gasteiger partial charge in [0.25, 0.3) is 5.91 Å². The summed E-state index contributed by atoms with van der Waals surface area (Å²) in [5.41, 5.74) is 6.34. The van der Waals surface area contributed by atoms with Crippen molar-refractivity contribution in [3.8, 4) is 5.75 Å². The lowest BCUT2D eigenvalue weighted by Crippen LogP contribution is -2.17. The van der Waals surface area contributed by atoms with Gasteiger partial charge in [0, 0.05) is 5.69 Å². The van der Waals surface area contributed by atoms with Crippen LogP contribution in [-0.4, -0.2) is 13.0 Å². The van der Waals surface area contributed by atoms with Crippen molar-refractivity contribution >= 4 is 17.3 Å². The summed E-state index contributed by atoms with van der Waals surface area (Å²) in [4.78, 5) is 12.3. The van der Waals surface area contributed by atoms with Crippen LogP contribution in [0.15, 0.2) is 36.4 Å². The van der Waals surface area contributed by atoms with Crippen LogP contribution < -0.4 is 21.3 Å². The van der Waals surface area contributed by atoms with Crippen LogP contribution in [0.4, 0.5) is 11.4 Å². The van der Waals surface area contributed by atoms with E-state index in [1.807, 2.05) is 38.1 Å². The second-order valence-electron chi connectivity index (χ2n) is 4.83. The molecule has 0 aromatic heterocycles. The molecule has 0 fully saturated rings. The molecule has 2 aromatic carbocycles. The van der Waals surface area contributed by atoms with E-state index in [4.69, 9.17) is 10.6 Å². The topological polar surface area (TPSA) is 76.4 Å². The van der Waals surface area contributed by atoms with Gasteiger partial charge in [-0.05, 0) is 55.3 Å². The van der Waals surface area contributed by atoms with Crippen LogP contribution in [0.2, 0.25) is 0 Å². The fraction of sp³-hybridized carbons (Fsp3) is 0.188. The van der Waals surface area contributed by atoms with Crippen LogP contribution in [-0.2, 0) is 0 Å². The number of hydrogen-bond acceptors (Lipinski definition) is 4. The summed E-state index contributed by atoms with van der Waals surface area (Å²) in [6.45, 7) is 3.86. The van der Waals surface area contributed by atoms with Crippen molar-refractivity contribution in [1.29, 1.82) is 0 Å². The molecule has 0 saturated heterocycles. The Hall–Kier alpha value is -2.53. The predicted molar refractivity (Wildman–Crippen MR) is 84.7 cm³/mol. The summed E-state index contributed by atoms with van der Waals surface area (Å²) in [7, 11) is 1.62. The Kier molecular flexibility index (Phi) is 4.45. The molecular weight excluding hydrogens is 266 g/mol. The Bertz CT molecular complexity index is 669. The van der Waals surface area contributed by atoms with E-state index in [0.717, 1.165) is 16.9 Å². The molecule has 0 atom stereocenters. The summed E-state index contributed by atoms with van der Waals surface area (Å²) in [6.07, 6.45) is 0. The maximum Gasteiger partial charge on any atom is 0.257 e. The van der Waals surface area contributed by atoms with Gasteiger partial charge in [-0.3, -0.25) is 10.6 Å². The standard InChI is InChI=1S/C16H19N3O2/c1-10-4-6-13(14(8-10)19-17)16(20)18-12-5-7-15(21-3)11(2)9-12/h4-9,19H,17H2,1-3H3,(H,18,20). The quantitative estimate of drug-likeness (QED) is 0.596. The fourth-order valence-corrected chi connectivity index (χ4v) is 2.13. The number of carbonyl (C=O) groups is 1. The zero-order valence-corrected chi connectivity index (χ0v) is 12.4. The second-order valence-corrected chi connectivity index (χ2v) is 4.83. The molecule has 4 N–H and O–H groups in total. The number of hydrogen-bond donors (Lipinski definition) is 3. The number of hydrazine groups is 1. The number of methoxy groups -OCH3 is 1. The van der Waals surface area contributed by atoms with Crippen LogP contribution >= 0.6 is 0 Å². The minimum absolute atomic E-state index is 0.215. The molecule has 0 unspecified atom stereocenters. The lowest BCUT2D eigenvalue weighted by molar-refractivity contribution is 0.102. The SMILES string of the molecule is COc1ccc(NC(=O)c2ccc(C)cc2NN)cc1C. The van der Waals surface area contributed by atoms with Gasteiger partial charge in [0.15, 0.2) is 0 Å². The van der Waals surface area contributed by atoms with Gasteiger partial charge in [-0.2, -0.15) is 0 Å². The molecule has 2 rings (SSSR count). The highest BCUT2D eigenvalue weighted by molar-refractivity contribution is 6.08. The molecule has 5 nitrogen and oxygen atoms in total. The van der Waals surface area contributed by atoms with E-state index in [1.54, 1.807) is 19.2 Å². The molecule has 0 aliphatic rings. The zero-order chi connectivity index (χ0) is 15.4. The van der Waals surface area contributed by atoms with E-state index in [2.05, 4.69) is 10.7 Å². The number of anilines is 2. The van der Waals surface area contributed by atoms with Crippen molar-refractivity contribution in [2.24, 2.45) is 5.84 Å². The van der Waals surface area contributed by atoms with Gasteiger partial charge in [0.2, 0.25) is 0 Å². The third-order valence-corrected chi connectivity index (χ3v) is 3.23. The van der Waals surface area contributed by atoms with Crippen LogP contribution in [0.3, 0.4) is 0 Å². The Morgan fingerprint density at radius 3 is 2.52 bits per heavy atom. The Labute approximate surface area is 124 Å². The molecule has 0 radical (unpaired) electrons. The molecule has 21 heavy (non-hydrogen) atoms. The Morgan fingerprint density at radius 2 is 1.90 bits per heavy atom. The summed E-state index contributed by atoms with van der Waals surface area (Å²) >= 11 is 0. The summed E-state index contributed by atoms with van der Waals surface area (Å²) < 4.78 is 5.20. The number of rotatable bonds is 4. The normalized spacial score (nSPS) is 10.1. The molecule has 110 valence electrons. The molecule has 0 aliphatic heterocycles. The van der Waals surface area contributed by atoms with Crippen molar-refractivity contribution in [1.82, 2.24) is 0 Å². The molecule has 1 amide bonds. The van der Waals surface area contributed by atoms with E-state index in [9.17, 15) is 4.79 Å². The van der Waals surface area contributed by atoms with E-state index in [0.29, 0.717) is 16.9 Å². The average Bonchev–Trinajstić information content (AvgIpc) is 2.47. The monoisotopic (exact) mass is 285 g/mol. The number of amides is 1. The van der Waals surface area contributed by atoms with Crippen LogP contribution in [0.1, 0.15) is 21.5 Å². The average molecular weight is 285 g/mol. The first kappa shape index (κ1) is 14.9. The molecule has 0 spiro atoms. The third kappa shape index (κ3) is 3.32. The van der Waals surface area contributed by atoms with Gasteiger partial charge in [-0.25, -0.2) is 0 Å².